The molecule has 0 saturated carbocycles. The minimum Gasteiger partial charge on any atom is -0.334 e. The molecule has 1 amide bonds. The summed E-state index contributed by atoms with van der Waals surface area (Å²) in [6.45, 7) is 2.88. The van der Waals surface area contributed by atoms with Crippen LogP contribution in [0.15, 0.2) is 54.9 Å². The summed E-state index contributed by atoms with van der Waals surface area (Å²) in [6, 6.07) is 13.8. The van der Waals surface area contributed by atoms with Gasteiger partial charge in [-0.2, -0.15) is 5.26 Å². The number of aromatic nitrogens is 1. The molecule has 0 atom stereocenters. The fraction of sp³-hybridized carbons (Fsp3) is 0.211. The van der Waals surface area contributed by atoms with Crippen LogP contribution >= 0.6 is 0 Å². The van der Waals surface area contributed by atoms with Gasteiger partial charge in [-0.3, -0.25) is 9.78 Å². The zero-order chi connectivity index (χ0) is 16.5. The molecule has 0 saturated heterocycles. The van der Waals surface area contributed by atoms with Crippen molar-refractivity contribution in [1.82, 2.24) is 9.88 Å². The van der Waals surface area contributed by atoms with Crippen molar-refractivity contribution in [2.75, 3.05) is 6.54 Å². The third kappa shape index (κ3) is 5.40. The molecule has 0 aliphatic rings. The van der Waals surface area contributed by atoms with Crippen LogP contribution in [0.1, 0.15) is 23.1 Å². The molecule has 0 spiro atoms. The third-order valence-electron chi connectivity index (χ3n) is 3.40. The van der Waals surface area contributed by atoms with Gasteiger partial charge in [0.15, 0.2) is 0 Å². The molecule has 0 unspecified atom stereocenters. The van der Waals surface area contributed by atoms with Crippen LogP contribution in [0.2, 0.25) is 0 Å². The molecule has 2 rings (SSSR count). The Hall–Kier alpha value is -2.93. The minimum absolute atomic E-state index is 0.107. The van der Waals surface area contributed by atoms with Crippen molar-refractivity contribution in [2.45, 2.75) is 19.9 Å². The summed E-state index contributed by atoms with van der Waals surface area (Å²) in [6.07, 6.45) is 7.09. The lowest BCUT2D eigenvalue weighted by Crippen LogP contribution is -2.29. The second-order valence-electron chi connectivity index (χ2n) is 5.27. The molecular formula is C19H19N3O. The number of hydrogen-bond acceptors (Lipinski definition) is 3. The van der Waals surface area contributed by atoms with Crippen LogP contribution in [-0.2, 0) is 11.3 Å². The lowest BCUT2D eigenvalue weighted by Gasteiger charge is -2.19. The summed E-state index contributed by atoms with van der Waals surface area (Å²) >= 11 is 0. The van der Waals surface area contributed by atoms with Crippen molar-refractivity contribution in [1.29, 1.82) is 5.26 Å². The highest BCUT2D eigenvalue weighted by atomic mass is 16.2. The second kappa shape index (κ2) is 8.50. The van der Waals surface area contributed by atoms with Crippen molar-refractivity contribution < 1.29 is 4.79 Å². The van der Waals surface area contributed by atoms with Crippen molar-refractivity contribution >= 4 is 12.0 Å². The number of aryl methyl sites for hydroxylation is 1. The zero-order valence-electron chi connectivity index (χ0n) is 13.1. The van der Waals surface area contributed by atoms with E-state index in [4.69, 9.17) is 5.26 Å². The maximum atomic E-state index is 12.4. The number of benzene rings is 1. The van der Waals surface area contributed by atoms with E-state index in [1.54, 1.807) is 29.4 Å². The van der Waals surface area contributed by atoms with Crippen LogP contribution in [0.5, 0.6) is 0 Å². The number of amides is 1. The fourth-order valence-corrected chi connectivity index (χ4v) is 2.11. The molecule has 4 nitrogen and oxygen atoms in total. The molecule has 23 heavy (non-hydrogen) atoms. The van der Waals surface area contributed by atoms with Gasteiger partial charge in [0.2, 0.25) is 5.91 Å². The lowest BCUT2D eigenvalue weighted by atomic mass is 10.1. The number of nitrogens with zero attached hydrogens (tertiary/aromatic N) is 3. The number of nitriles is 1. The molecule has 0 aliphatic heterocycles. The Morgan fingerprint density at radius 1 is 1.30 bits per heavy atom. The van der Waals surface area contributed by atoms with Crippen molar-refractivity contribution in [3.8, 4) is 6.07 Å². The lowest BCUT2D eigenvalue weighted by molar-refractivity contribution is -0.126. The summed E-state index contributed by atoms with van der Waals surface area (Å²) in [4.78, 5) is 18.1. The van der Waals surface area contributed by atoms with Crippen LogP contribution in [-0.4, -0.2) is 22.3 Å². The minimum atomic E-state index is -0.107. The Balaban J connectivity index is 2.06. The van der Waals surface area contributed by atoms with Crippen LogP contribution in [0.4, 0.5) is 0 Å². The van der Waals surface area contributed by atoms with Gasteiger partial charge in [-0.25, -0.2) is 0 Å². The van der Waals surface area contributed by atoms with E-state index < -0.39 is 0 Å². The van der Waals surface area contributed by atoms with Gasteiger partial charge in [0, 0.05) is 31.6 Å². The highest BCUT2D eigenvalue weighted by molar-refractivity contribution is 5.91. The number of pyridine rings is 1. The standard InChI is InChI=1S/C19H19N3O/c1-16-5-7-17(8-6-16)9-10-19(23)22(13-3-11-20)15-18-4-2-12-21-14-18/h2,4-10,12,14H,3,13,15H2,1H3. The molecule has 2 aromatic rings. The van der Waals surface area contributed by atoms with E-state index in [-0.39, 0.29) is 5.91 Å². The van der Waals surface area contributed by atoms with Gasteiger partial charge in [-0.1, -0.05) is 35.9 Å². The molecule has 1 aromatic carbocycles. The number of rotatable bonds is 6. The van der Waals surface area contributed by atoms with Crippen LogP contribution in [0.25, 0.3) is 6.08 Å². The van der Waals surface area contributed by atoms with Gasteiger partial charge in [0.1, 0.15) is 0 Å². The number of carbonyl (C=O) groups is 1. The summed E-state index contributed by atoms with van der Waals surface area (Å²) in [5, 5.41) is 8.78. The Labute approximate surface area is 136 Å². The fourth-order valence-electron chi connectivity index (χ4n) is 2.11. The van der Waals surface area contributed by atoms with Gasteiger partial charge in [0.05, 0.1) is 12.5 Å². The third-order valence-corrected chi connectivity index (χ3v) is 3.40. The Kier molecular flexibility index (Phi) is 6.07. The van der Waals surface area contributed by atoms with Crippen molar-refractivity contribution in [3.63, 3.8) is 0 Å². The van der Waals surface area contributed by atoms with Gasteiger partial charge in [0.25, 0.3) is 0 Å². The maximum absolute atomic E-state index is 12.4. The molecule has 0 radical (unpaired) electrons. The normalized spacial score (nSPS) is 10.4. The van der Waals surface area contributed by atoms with Crippen LogP contribution < -0.4 is 0 Å². The first-order chi connectivity index (χ1) is 11.2. The van der Waals surface area contributed by atoms with Crippen molar-refractivity contribution in [2.24, 2.45) is 0 Å². The van der Waals surface area contributed by atoms with Gasteiger partial charge < -0.3 is 4.90 Å². The van der Waals surface area contributed by atoms with E-state index >= 15 is 0 Å². The molecule has 116 valence electrons. The number of carbonyl (C=O) groups excluding carboxylic acids is 1. The highest BCUT2D eigenvalue weighted by Gasteiger charge is 2.11. The van der Waals surface area contributed by atoms with Crippen LogP contribution in [0.3, 0.4) is 0 Å². The predicted octanol–water partition coefficient (Wildman–Crippen LogP) is 3.35. The SMILES string of the molecule is Cc1ccc(C=CC(=O)N(CCC#N)Cc2cccnc2)cc1. The molecule has 0 fully saturated rings. The topological polar surface area (TPSA) is 57.0 Å². The van der Waals surface area contributed by atoms with E-state index in [1.165, 1.54) is 5.56 Å². The molecular weight excluding hydrogens is 286 g/mol. The van der Waals surface area contributed by atoms with Gasteiger partial charge in [-0.15, -0.1) is 0 Å². The van der Waals surface area contributed by atoms with E-state index in [0.29, 0.717) is 19.5 Å². The first-order valence-electron chi connectivity index (χ1n) is 7.48. The van der Waals surface area contributed by atoms with Gasteiger partial charge >= 0.3 is 0 Å². The quantitative estimate of drug-likeness (QED) is 0.769. The molecule has 1 aromatic heterocycles. The predicted molar refractivity (Wildman–Crippen MR) is 90.1 cm³/mol. The smallest absolute Gasteiger partial charge is 0.246 e. The summed E-state index contributed by atoms with van der Waals surface area (Å²) in [7, 11) is 0. The molecule has 0 aliphatic carbocycles. The molecule has 1 heterocycles. The Morgan fingerprint density at radius 3 is 2.74 bits per heavy atom. The average Bonchev–Trinajstić information content (AvgIpc) is 2.58. The van der Waals surface area contributed by atoms with Crippen LogP contribution in [0, 0.1) is 18.3 Å². The van der Waals surface area contributed by atoms with E-state index in [1.807, 2.05) is 43.3 Å². The monoisotopic (exact) mass is 305 g/mol. The second-order valence-corrected chi connectivity index (χ2v) is 5.27. The summed E-state index contributed by atoms with van der Waals surface area (Å²) < 4.78 is 0. The first kappa shape index (κ1) is 16.4. The van der Waals surface area contributed by atoms with E-state index in [0.717, 1.165) is 11.1 Å². The number of hydrogen-bond donors (Lipinski definition) is 0. The Bertz CT molecular complexity index is 700. The summed E-state index contributed by atoms with van der Waals surface area (Å²) in [5.74, 6) is -0.107. The van der Waals surface area contributed by atoms with Gasteiger partial charge in [-0.05, 0) is 30.2 Å². The van der Waals surface area contributed by atoms with E-state index in [2.05, 4.69) is 11.1 Å². The van der Waals surface area contributed by atoms with E-state index in [9.17, 15) is 4.79 Å². The van der Waals surface area contributed by atoms with Crippen molar-refractivity contribution in [3.05, 3.63) is 71.6 Å². The first-order valence-corrected chi connectivity index (χ1v) is 7.48. The highest BCUT2D eigenvalue weighted by Crippen LogP contribution is 2.08. The molecule has 0 N–H and O–H groups in total. The summed E-state index contributed by atoms with van der Waals surface area (Å²) in [5.41, 5.74) is 3.11. The maximum Gasteiger partial charge on any atom is 0.246 e. The molecule has 4 heteroatoms. The largest absolute Gasteiger partial charge is 0.334 e. The molecule has 0 bridgehead atoms. The zero-order valence-corrected chi connectivity index (χ0v) is 13.1. The average molecular weight is 305 g/mol. The Morgan fingerprint density at radius 2 is 2.09 bits per heavy atom.